The molecule has 0 saturated heterocycles. The molecule has 12 rings (SSSR count). The number of allylic oxidation sites excluding steroid dienone is 4. The molecule has 3 heteroatoms. The van der Waals surface area contributed by atoms with E-state index in [0.29, 0.717) is 0 Å². The summed E-state index contributed by atoms with van der Waals surface area (Å²) >= 11 is 1.87. The van der Waals surface area contributed by atoms with Gasteiger partial charge in [0.1, 0.15) is 5.82 Å². The molecule has 0 fully saturated rings. The van der Waals surface area contributed by atoms with E-state index in [2.05, 4.69) is 193 Å². The molecule has 3 aromatic heterocycles. The first-order valence-corrected chi connectivity index (χ1v) is 20.2. The maximum absolute atomic E-state index is 5.53. The molecule has 0 radical (unpaired) electrons. The van der Waals surface area contributed by atoms with Crippen molar-refractivity contribution in [2.45, 2.75) is 12.3 Å². The van der Waals surface area contributed by atoms with Crippen LogP contribution in [0.25, 0.3) is 102 Å². The largest absolute Gasteiger partial charge is 0.294 e. The lowest BCUT2D eigenvalue weighted by molar-refractivity contribution is 0.821. The zero-order valence-corrected chi connectivity index (χ0v) is 31.3. The summed E-state index contributed by atoms with van der Waals surface area (Å²) in [5.41, 5.74) is 8.38. The average molecular weight is 731 g/mol. The molecule has 0 aliphatic heterocycles. The maximum atomic E-state index is 5.53. The molecule has 0 saturated carbocycles. The van der Waals surface area contributed by atoms with Gasteiger partial charge in [0.25, 0.3) is 0 Å². The molecule has 1 unspecified atom stereocenters. The smallest absolute Gasteiger partial charge is 0.138 e. The van der Waals surface area contributed by atoms with Gasteiger partial charge in [-0.2, -0.15) is 0 Å². The molecule has 2 nitrogen and oxygen atoms in total. The second kappa shape index (κ2) is 12.4. The van der Waals surface area contributed by atoms with Crippen LogP contribution in [0, 0.1) is 0 Å². The lowest BCUT2D eigenvalue weighted by Gasteiger charge is -2.16. The standard InChI is InChI=1S/C53H34N2S/c1-2-13-33(14-3-1)52-53-47(32-51(54-52)55-48-23-10-8-21-43(48)44-22-9-11-24-49(44)55)46-31-37(26-28-50(46)56-53)35-16-12-15-34(29-35)36-25-27-42-40-19-5-4-17-38(40)39-18-6-7-20-41(39)45(42)30-36/h1-13,15-33H,14H2. The highest BCUT2D eigenvalue weighted by Gasteiger charge is 2.22. The van der Waals surface area contributed by atoms with Gasteiger partial charge >= 0.3 is 0 Å². The van der Waals surface area contributed by atoms with E-state index in [-0.39, 0.29) is 5.92 Å². The molecule has 0 bridgehead atoms. The van der Waals surface area contributed by atoms with Crippen molar-refractivity contribution in [3.63, 3.8) is 0 Å². The summed E-state index contributed by atoms with van der Waals surface area (Å²) in [5.74, 6) is 1.19. The molecule has 262 valence electrons. The van der Waals surface area contributed by atoms with Gasteiger partial charge in [-0.05, 0) is 103 Å². The topological polar surface area (TPSA) is 17.8 Å². The molecular formula is C53H34N2S. The highest BCUT2D eigenvalue weighted by molar-refractivity contribution is 7.26. The fraction of sp³-hybridized carbons (Fsp3) is 0.0377. The first-order chi connectivity index (χ1) is 27.8. The Labute approximate surface area is 327 Å². The van der Waals surface area contributed by atoms with Crippen molar-refractivity contribution in [3.05, 3.63) is 194 Å². The zero-order valence-electron chi connectivity index (χ0n) is 30.5. The van der Waals surface area contributed by atoms with E-state index in [4.69, 9.17) is 4.98 Å². The van der Waals surface area contributed by atoms with Crippen molar-refractivity contribution in [2.75, 3.05) is 0 Å². The number of thiophene rings is 1. The Bertz CT molecular complexity index is 3380. The summed E-state index contributed by atoms with van der Waals surface area (Å²) in [6.07, 6.45) is 9.86. The highest BCUT2D eigenvalue weighted by Crippen LogP contribution is 2.44. The summed E-state index contributed by atoms with van der Waals surface area (Å²) in [5, 5.41) is 12.8. The van der Waals surface area contributed by atoms with Crippen molar-refractivity contribution >= 4 is 85.6 Å². The number of fused-ring (bicyclic) bond motifs is 12. The number of benzene rings is 8. The van der Waals surface area contributed by atoms with E-state index >= 15 is 0 Å². The molecule has 8 aromatic carbocycles. The summed E-state index contributed by atoms with van der Waals surface area (Å²) in [4.78, 5) is 5.53. The lowest BCUT2D eigenvalue weighted by Crippen LogP contribution is -2.05. The van der Waals surface area contributed by atoms with Crippen LogP contribution in [0.4, 0.5) is 0 Å². The van der Waals surface area contributed by atoms with Crippen LogP contribution in [0.15, 0.2) is 188 Å². The van der Waals surface area contributed by atoms with Crippen molar-refractivity contribution in [2.24, 2.45) is 0 Å². The number of rotatable bonds is 4. The van der Waals surface area contributed by atoms with Crippen LogP contribution in [-0.2, 0) is 0 Å². The van der Waals surface area contributed by atoms with Crippen LogP contribution < -0.4 is 0 Å². The first kappa shape index (κ1) is 31.5. The monoisotopic (exact) mass is 730 g/mol. The fourth-order valence-corrected chi connectivity index (χ4v) is 10.5. The van der Waals surface area contributed by atoms with Crippen molar-refractivity contribution in [1.82, 2.24) is 9.55 Å². The minimum absolute atomic E-state index is 0.219. The Morgan fingerprint density at radius 1 is 0.446 bits per heavy atom. The van der Waals surface area contributed by atoms with Gasteiger partial charge in [-0.1, -0.05) is 146 Å². The number of hydrogen-bond donors (Lipinski definition) is 0. The second-order valence-corrected chi connectivity index (χ2v) is 16.1. The quantitative estimate of drug-likeness (QED) is 0.165. The molecular weight excluding hydrogens is 697 g/mol. The van der Waals surface area contributed by atoms with Gasteiger partial charge in [0, 0.05) is 32.2 Å². The number of nitrogens with zero attached hydrogens (tertiary/aromatic N) is 2. The highest BCUT2D eigenvalue weighted by atomic mass is 32.1. The van der Waals surface area contributed by atoms with E-state index in [0.717, 1.165) is 17.9 Å². The van der Waals surface area contributed by atoms with Crippen LogP contribution in [0.2, 0.25) is 0 Å². The number of para-hydroxylation sites is 2. The van der Waals surface area contributed by atoms with Crippen molar-refractivity contribution < 1.29 is 0 Å². The summed E-state index contributed by atoms with van der Waals surface area (Å²) < 4.78 is 4.92. The molecule has 3 heterocycles. The number of aromatic nitrogens is 2. The Balaban J connectivity index is 1.03. The number of hydrogen-bond acceptors (Lipinski definition) is 2. The van der Waals surface area contributed by atoms with E-state index < -0.39 is 0 Å². The Hall–Kier alpha value is -6.81. The van der Waals surface area contributed by atoms with Crippen molar-refractivity contribution in [1.29, 1.82) is 0 Å². The predicted octanol–water partition coefficient (Wildman–Crippen LogP) is 14.9. The third-order valence-electron chi connectivity index (χ3n) is 11.9. The molecule has 0 amide bonds. The first-order valence-electron chi connectivity index (χ1n) is 19.4. The minimum atomic E-state index is 0.219. The number of pyridine rings is 1. The molecule has 56 heavy (non-hydrogen) atoms. The van der Waals surface area contributed by atoms with Gasteiger partial charge in [0.15, 0.2) is 0 Å². The molecule has 0 N–H and O–H groups in total. The van der Waals surface area contributed by atoms with Crippen LogP contribution in [0.1, 0.15) is 18.0 Å². The summed E-state index contributed by atoms with van der Waals surface area (Å²) in [7, 11) is 0. The van der Waals surface area contributed by atoms with Gasteiger partial charge in [0.2, 0.25) is 0 Å². The van der Waals surface area contributed by atoms with Crippen LogP contribution in [-0.4, -0.2) is 9.55 Å². The normalized spacial score (nSPS) is 14.4. The van der Waals surface area contributed by atoms with Gasteiger partial charge in [-0.3, -0.25) is 4.57 Å². The molecule has 1 aliphatic carbocycles. The predicted molar refractivity (Wildman–Crippen MR) is 240 cm³/mol. The average Bonchev–Trinajstić information content (AvgIpc) is 3.82. The minimum Gasteiger partial charge on any atom is -0.294 e. The van der Waals surface area contributed by atoms with Crippen LogP contribution in [0.5, 0.6) is 0 Å². The van der Waals surface area contributed by atoms with E-state index in [1.165, 1.54) is 96.5 Å². The van der Waals surface area contributed by atoms with E-state index in [1.807, 2.05) is 11.3 Å². The Kier molecular flexibility index (Phi) is 6.96. The third-order valence-corrected chi connectivity index (χ3v) is 13.1. The zero-order chi connectivity index (χ0) is 36.7. The van der Waals surface area contributed by atoms with Gasteiger partial charge in [-0.25, -0.2) is 4.98 Å². The molecule has 0 spiro atoms. The maximum Gasteiger partial charge on any atom is 0.138 e. The summed E-state index contributed by atoms with van der Waals surface area (Å²) in [6, 6.07) is 60.4. The second-order valence-electron chi connectivity index (χ2n) is 15.0. The van der Waals surface area contributed by atoms with Gasteiger partial charge in [0.05, 0.1) is 21.4 Å². The summed E-state index contributed by atoms with van der Waals surface area (Å²) in [6.45, 7) is 0. The van der Waals surface area contributed by atoms with Crippen LogP contribution >= 0.6 is 11.3 Å². The molecule has 11 aromatic rings. The molecule has 1 aliphatic rings. The molecule has 1 atom stereocenters. The Morgan fingerprint density at radius 2 is 1.00 bits per heavy atom. The lowest BCUT2D eigenvalue weighted by atomic mass is 9.91. The van der Waals surface area contributed by atoms with E-state index in [1.54, 1.807) is 0 Å². The van der Waals surface area contributed by atoms with Crippen LogP contribution in [0.3, 0.4) is 0 Å². The Morgan fingerprint density at radius 3 is 1.64 bits per heavy atom. The van der Waals surface area contributed by atoms with Crippen molar-refractivity contribution in [3.8, 4) is 28.1 Å². The van der Waals surface area contributed by atoms with Gasteiger partial charge in [-0.15, -0.1) is 11.3 Å². The van der Waals surface area contributed by atoms with E-state index in [9.17, 15) is 0 Å². The van der Waals surface area contributed by atoms with Gasteiger partial charge < -0.3 is 0 Å². The third kappa shape index (κ3) is 4.78. The fourth-order valence-electron chi connectivity index (χ4n) is 9.25. The SMILES string of the molecule is C1=CCC(c2nc(-n3c4ccccc4c4ccccc43)cc3c2sc2ccc(-c4cccc(-c5ccc6c7ccccc7c7ccccc7c6c5)c4)cc23)C=C1.